The van der Waals surface area contributed by atoms with E-state index in [2.05, 4.69) is 0 Å². The van der Waals surface area contributed by atoms with E-state index in [0.717, 1.165) is 31.7 Å². The molecule has 2 rings (SSSR count). The Morgan fingerprint density at radius 1 is 1.29 bits per heavy atom. The van der Waals surface area contributed by atoms with Crippen molar-refractivity contribution in [3.05, 3.63) is 24.0 Å². The first-order valence-electron chi connectivity index (χ1n) is 7.25. The molecule has 2 N–H and O–H groups in total. The number of rotatable bonds is 3. The summed E-state index contributed by atoms with van der Waals surface area (Å²) < 4.78 is 25.8. The van der Waals surface area contributed by atoms with Gasteiger partial charge in [0.1, 0.15) is 11.1 Å². The van der Waals surface area contributed by atoms with Crippen LogP contribution in [0.1, 0.15) is 32.6 Å². The highest BCUT2D eigenvalue weighted by Gasteiger charge is 2.28. The van der Waals surface area contributed by atoms with Gasteiger partial charge in [0.25, 0.3) is 0 Å². The lowest BCUT2D eigenvalue weighted by atomic mass is 10.2. The standard InChI is InChI=1S/C15H21FN2O2S/c1-11(15(19)18-8-4-2-3-5-9-18)21(20)14-10-12(16)6-7-13(14)17/h6-7,10-11H,2-5,8-9,17H2,1H3. The van der Waals surface area contributed by atoms with Crippen LogP contribution in [0.3, 0.4) is 0 Å². The van der Waals surface area contributed by atoms with Crippen LogP contribution in [0.15, 0.2) is 23.1 Å². The van der Waals surface area contributed by atoms with Crippen LogP contribution < -0.4 is 5.73 Å². The van der Waals surface area contributed by atoms with Gasteiger partial charge in [0.15, 0.2) is 0 Å². The van der Waals surface area contributed by atoms with E-state index in [1.165, 1.54) is 12.1 Å². The molecule has 1 saturated heterocycles. The molecule has 4 nitrogen and oxygen atoms in total. The number of amides is 1. The number of nitrogens with two attached hydrogens (primary N) is 1. The number of benzene rings is 1. The van der Waals surface area contributed by atoms with Gasteiger partial charge in [-0.1, -0.05) is 12.8 Å². The molecule has 1 aliphatic rings. The molecule has 0 aliphatic carbocycles. The first-order chi connectivity index (χ1) is 10.0. The number of hydrogen-bond acceptors (Lipinski definition) is 3. The van der Waals surface area contributed by atoms with Gasteiger partial charge in [0.2, 0.25) is 5.91 Å². The number of likely N-dealkylation sites (tertiary alicyclic amines) is 1. The van der Waals surface area contributed by atoms with Crippen molar-refractivity contribution in [2.45, 2.75) is 42.8 Å². The smallest absolute Gasteiger partial charge is 0.238 e. The summed E-state index contributed by atoms with van der Waals surface area (Å²) in [6, 6.07) is 3.75. The van der Waals surface area contributed by atoms with Crippen LogP contribution in [0, 0.1) is 5.82 Å². The zero-order valence-corrected chi connectivity index (χ0v) is 13.0. The third-order valence-corrected chi connectivity index (χ3v) is 5.41. The highest BCUT2D eigenvalue weighted by Crippen LogP contribution is 2.22. The van der Waals surface area contributed by atoms with Gasteiger partial charge in [-0.25, -0.2) is 4.39 Å². The Kier molecular flexibility index (Phi) is 5.33. The molecule has 2 atom stereocenters. The molecule has 6 heteroatoms. The van der Waals surface area contributed by atoms with Crippen LogP contribution >= 0.6 is 0 Å². The summed E-state index contributed by atoms with van der Waals surface area (Å²) in [4.78, 5) is 14.4. The average Bonchev–Trinajstić information content (AvgIpc) is 2.76. The molecular formula is C15H21FN2O2S. The number of carbonyl (C=O) groups is 1. The Morgan fingerprint density at radius 3 is 2.52 bits per heavy atom. The molecule has 0 aromatic heterocycles. The monoisotopic (exact) mass is 312 g/mol. The van der Waals surface area contributed by atoms with Crippen molar-refractivity contribution in [2.24, 2.45) is 0 Å². The highest BCUT2D eigenvalue weighted by atomic mass is 32.2. The predicted octanol–water partition coefficient (Wildman–Crippen LogP) is 2.31. The molecule has 21 heavy (non-hydrogen) atoms. The second kappa shape index (κ2) is 7.02. The Labute approximate surface area is 127 Å². The van der Waals surface area contributed by atoms with Gasteiger partial charge >= 0.3 is 0 Å². The second-order valence-corrected chi connectivity index (χ2v) is 7.10. The highest BCUT2D eigenvalue weighted by molar-refractivity contribution is 7.86. The molecule has 1 aliphatic heterocycles. The van der Waals surface area contributed by atoms with Gasteiger partial charge in [-0.3, -0.25) is 9.00 Å². The lowest BCUT2D eigenvalue weighted by Gasteiger charge is -2.24. The van der Waals surface area contributed by atoms with Crippen LogP contribution in [0.4, 0.5) is 10.1 Å². The van der Waals surface area contributed by atoms with E-state index in [4.69, 9.17) is 5.73 Å². The number of carbonyl (C=O) groups excluding carboxylic acids is 1. The number of nitrogen functional groups attached to an aromatic ring is 1. The van der Waals surface area contributed by atoms with Crippen molar-refractivity contribution in [2.75, 3.05) is 18.8 Å². The molecule has 1 heterocycles. The van der Waals surface area contributed by atoms with E-state index in [0.29, 0.717) is 13.1 Å². The Bertz CT molecular complexity index is 542. The summed E-state index contributed by atoms with van der Waals surface area (Å²) in [5.41, 5.74) is 6.00. The Morgan fingerprint density at radius 2 is 1.90 bits per heavy atom. The predicted molar refractivity (Wildman–Crippen MR) is 81.7 cm³/mol. The van der Waals surface area contributed by atoms with Gasteiger partial charge in [0.05, 0.1) is 15.7 Å². The van der Waals surface area contributed by atoms with Gasteiger partial charge in [-0.15, -0.1) is 0 Å². The Hall–Kier alpha value is -1.43. The maximum atomic E-state index is 13.3. The molecule has 0 bridgehead atoms. The maximum Gasteiger partial charge on any atom is 0.238 e. The number of nitrogens with zero attached hydrogens (tertiary/aromatic N) is 1. The molecule has 1 fully saturated rings. The summed E-state index contributed by atoms with van der Waals surface area (Å²) in [7, 11) is -1.64. The lowest BCUT2D eigenvalue weighted by molar-refractivity contribution is -0.130. The first kappa shape index (κ1) is 15.9. The fourth-order valence-corrected chi connectivity index (χ4v) is 3.75. The van der Waals surface area contributed by atoms with E-state index in [-0.39, 0.29) is 16.5 Å². The quantitative estimate of drug-likeness (QED) is 0.871. The summed E-state index contributed by atoms with van der Waals surface area (Å²) in [6.07, 6.45) is 4.20. The molecule has 1 aromatic rings. The topological polar surface area (TPSA) is 63.4 Å². The minimum atomic E-state index is -1.64. The van der Waals surface area contributed by atoms with E-state index in [1.807, 2.05) is 0 Å². The number of hydrogen-bond donors (Lipinski definition) is 1. The summed E-state index contributed by atoms with van der Waals surface area (Å²) in [5, 5.41) is -0.716. The third-order valence-electron chi connectivity index (χ3n) is 3.78. The van der Waals surface area contributed by atoms with Crippen LogP contribution in [-0.4, -0.2) is 33.4 Å². The van der Waals surface area contributed by atoms with Gasteiger partial charge in [0, 0.05) is 18.8 Å². The summed E-state index contributed by atoms with van der Waals surface area (Å²) in [6.45, 7) is 3.03. The van der Waals surface area contributed by atoms with Gasteiger partial charge in [-0.05, 0) is 38.0 Å². The van der Waals surface area contributed by atoms with Gasteiger partial charge in [-0.2, -0.15) is 0 Å². The summed E-state index contributed by atoms with van der Waals surface area (Å²) in [5.74, 6) is -0.638. The Balaban J connectivity index is 2.14. The van der Waals surface area contributed by atoms with Gasteiger partial charge < -0.3 is 10.6 Å². The molecule has 2 unspecified atom stereocenters. The van der Waals surface area contributed by atoms with E-state index >= 15 is 0 Å². The largest absolute Gasteiger partial charge is 0.398 e. The van der Waals surface area contributed by atoms with E-state index in [9.17, 15) is 13.4 Å². The molecule has 1 amide bonds. The maximum absolute atomic E-state index is 13.3. The van der Waals surface area contributed by atoms with Crippen LogP contribution in [0.5, 0.6) is 0 Å². The first-order valence-corrected chi connectivity index (χ1v) is 8.46. The third kappa shape index (κ3) is 3.81. The van der Waals surface area contributed by atoms with Crippen molar-refractivity contribution in [1.82, 2.24) is 4.90 Å². The fourth-order valence-electron chi connectivity index (χ4n) is 2.51. The molecule has 0 radical (unpaired) electrons. The minimum Gasteiger partial charge on any atom is -0.398 e. The van der Waals surface area contributed by atoms with Crippen molar-refractivity contribution < 1.29 is 13.4 Å². The second-order valence-electron chi connectivity index (χ2n) is 5.36. The van der Waals surface area contributed by atoms with Crippen LogP contribution in [0.2, 0.25) is 0 Å². The fraction of sp³-hybridized carbons (Fsp3) is 0.533. The minimum absolute atomic E-state index is 0.140. The SMILES string of the molecule is CC(C(=O)N1CCCCCC1)S(=O)c1cc(F)ccc1N. The van der Waals surface area contributed by atoms with Crippen molar-refractivity contribution in [1.29, 1.82) is 0 Å². The molecule has 0 saturated carbocycles. The lowest BCUT2D eigenvalue weighted by Crippen LogP contribution is -2.40. The zero-order valence-electron chi connectivity index (χ0n) is 12.2. The molecule has 0 spiro atoms. The molecular weight excluding hydrogens is 291 g/mol. The van der Waals surface area contributed by atoms with Crippen molar-refractivity contribution >= 4 is 22.4 Å². The summed E-state index contributed by atoms with van der Waals surface area (Å²) >= 11 is 0. The number of anilines is 1. The molecule has 116 valence electrons. The molecule has 1 aromatic carbocycles. The normalized spacial score (nSPS) is 18.9. The van der Waals surface area contributed by atoms with Crippen molar-refractivity contribution in [3.63, 3.8) is 0 Å². The number of halogens is 1. The van der Waals surface area contributed by atoms with Crippen molar-refractivity contribution in [3.8, 4) is 0 Å². The van der Waals surface area contributed by atoms with Crippen LogP contribution in [0.25, 0.3) is 0 Å². The van der Waals surface area contributed by atoms with E-state index in [1.54, 1.807) is 11.8 Å². The van der Waals surface area contributed by atoms with Crippen LogP contribution in [-0.2, 0) is 15.6 Å². The van der Waals surface area contributed by atoms with E-state index < -0.39 is 21.9 Å². The average molecular weight is 312 g/mol. The zero-order chi connectivity index (χ0) is 15.4.